The number of hydrogen-bond donors (Lipinski definition) is 0. The van der Waals surface area contributed by atoms with Crippen LogP contribution in [0.5, 0.6) is 0 Å². The van der Waals surface area contributed by atoms with E-state index in [1.807, 2.05) is 17.4 Å². The summed E-state index contributed by atoms with van der Waals surface area (Å²) in [7, 11) is 0. The number of benzene rings is 10. The Morgan fingerprint density at radius 2 is 0.875 bits per heavy atom. The van der Waals surface area contributed by atoms with Gasteiger partial charge in [0.15, 0.2) is 0 Å². The minimum absolute atomic E-state index is 0.907. The second-order valence-corrected chi connectivity index (χ2v) is 15.8. The first-order valence-electron chi connectivity index (χ1n) is 19.2. The molecule has 12 rings (SSSR count). The first kappa shape index (κ1) is 31.4. The van der Waals surface area contributed by atoms with Crippen LogP contribution in [-0.2, 0) is 0 Å². The molecular weight excluding hydrogens is 697 g/mol. The van der Waals surface area contributed by atoms with Crippen molar-refractivity contribution in [1.82, 2.24) is 0 Å². The second kappa shape index (κ2) is 12.3. The molecule has 0 spiro atoms. The molecule has 260 valence electrons. The predicted octanol–water partition coefficient (Wildman–Crippen LogP) is 16.1. The second-order valence-electron chi connectivity index (χ2n) is 14.7. The highest BCUT2D eigenvalue weighted by molar-refractivity contribution is 7.25. The Bertz CT molecular complexity index is 3470. The molecule has 0 N–H and O–H groups in total. The van der Waals surface area contributed by atoms with E-state index < -0.39 is 0 Å². The normalized spacial score (nSPS) is 11.9. The number of thiophene rings is 1. The van der Waals surface area contributed by atoms with Gasteiger partial charge in [0.1, 0.15) is 11.2 Å². The molecule has 0 saturated carbocycles. The molecule has 0 saturated heterocycles. The Morgan fingerprint density at radius 1 is 0.304 bits per heavy atom. The van der Waals surface area contributed by atoms with Crippen LogP contribution in [-0.4, -0.2) is 0 Å². The fourth-order valence-electron chi connectivity index (χ4n) is 9.25. The van der Waals surface area contributed by atoms with Crippen LogP contribution in [0, 0.1) is 0 Å². The molecule has 1 nitrogen and oxygen atoms in total. The average molecular weight is 729 g/mol. The Balaban J connectivity index is 1.18. The SMILES string of the molecule is c1ccc(-c2cc(-c3c4ccccc4c(-c4cccc5oc6ccccc6c45)c4ccccc34)c3ccc(-c4cccc5sc6ccccc6c45)cc3c2)cc1. The van der Waals surface area contributed by atoms with Crippen molar-refractivity contribution in [3.05, 3.63) is 194 Å². The largest absolute Gasteiger partial charge is 0.456 e. The van der Waals surface area contributed by atoms with Crippen LogP contribution in [0.15, 0.2) is 199 Å². The number of rotatable bonds is 4. The zero-order valence-corrected chi connectivity index (χ0v) is 31.1. The van der Waals surface area contributed by atoms with Gasteiger partial charge in [-0.25, -0.2) is 0 Å². The number of para-hydroxylation sites is 1. The summed E-state index contributed by atoms with van der Waals surface area (Å²) >= 11 is 1.87. The van der Waals surface area contributed by atoms with Crippen molar-refractivity contribution >= 4 is 85.8 Å². The smallest absolute Gasteiger partial charge is 0.136 e. The van der Waals surface area contributed by atoms with Gasteiger partial charge >= 0.3 is 0 Å². The van der Waals surface area contributed by atoms with Crippen molar-refractivity contribution in [2.45, 2.75) is 0 Å². The molecule has 0 aliphatic rings. The summed E-state index contributed by atoms with van der Waals surface area (Å²) in [5.74, 6) is 0. The first-order valence-corrected chi connectivity index (χ1v) is 20.0. The molecule has 0 atom stereocenters. The zero-order valence-electron chi connectivity index (χ0n) is 30.3. The molecular formula is C54H32OS. The third kappa shape index (κ3) is 4.67. The fourth-order valence-corrected chi connectivity index (χ4v) is 10.4. The minimum atomic E-state index is 0.907. The molecule has 2 aromatic heterocycles. The molecule has 12 aromatic rings. The van der Waals surface area contributed by atoms with Crippen LogP contribution >= 0.6 is 11.3 Å². The molecule has 0 aliphatic carbocycles. The number of hydrogen-bond acceptors (Lipinski definition) is 2. The van der Waals surface area contributed by atoms with E-state index in [-0.39, 0.29) is 0 Å². The maximum absolute atomic E-state index is 6.42. The van der Waals surface area contributed by atoms with Crippen LogP contribution in [0.2, 0.25) is 0 Å². The summed E-state index contributed by atoms with van der Waals surface area (Å²) in [5.41, 5.74) is 11.6. The van der Waals surface area contributed by atoms with Crippen molar-refractivity contribution < 1.29 is 4.42 Å². The quantitative estimate of drug-likeness (QED) is 0.165. The van der Waals surface area contributed by atoms with Crippen LogP contribution < -0.4 is 0 Å². The van der Waals surface area contributed by atoms with E-state index in [0.29, 0.717) is 0 Å². The van der Waals surface area contributed by atoms with Gasteiger partial charge < -0.3 is 4.42 Å². The van der Waals surface area contributed by atoms with Crippen molar-refractivity contribution in [1.29, 1.82) is 0 Å². The lowest BCUT2D eigenvalue weighted by atomic mass is 9.82. The van der Waals surface area contributed by atoms with E-state index in [1.54, 1.807) is 0 Å². The molecule has 56 heavy (non-hydrogen) atoms. The van der Waals surface area contributed by atoms with Crippen LogP contribution in [0.1, 0.15) is 0 Å². The van der Waals surface area contributed by atoms with Gasteiger partial charge in [-0.2, -0.15) is 0 Å². The Labute approximate surface area is 327 Å². The van der Waals surface area contributed by atoms with Crippen molar-refractivity contribution in [2.24, 2.45) is 0 Å². The first-order chi connectivity index (χ1) is 27.8. The van der Waals surface area contributed by atoms with Gasteiger partial charge in [-0.15, -0.1) is 11.3 Å². The average Bonchev–Trinajstić information content (AvgIpc) is 3.84. The highest BCUT2D eigenvalue weighted by Gasteiger charge is 2.22. The summed E-state index contributed by atoms with van der Waals surface area (Å²) in [4.78, 5) is 0. The van der Waals surface area contributed by atoms with E-state index in [4.69, 9.17) is 4.42 Å². The standard InChI is InChI=1S/C54H32OS/c1-2-14-33(15-3-1)35-31-36-30-34(38-22-13-27-50-54(38)44-21-9-11-26-49(44)56-50)28-29-37(36)46(32-35)52-41-18-6-4-16-39(41)51(40-17-5-7-19-42(40)52)45-23-12-25-48-53(45)43-20-8-10-24-47(43)55-48/h1-32H. The summed E-state index contributed by atoms with van der Waals surface area (Å²) in [6, 6.07) is 71.1. The van der Waals surface area contributed by atoms with Gasteiger partial charge in [-0.1, -0.05) is 152 Å². The lowest BCUT2D eigenvalue weighted by Crippen LogP contribution is -1.93. The summed E-state index contributed by atoms with van der Waals surface area (Å²) in [6.45, 7) is 0. The fraction of sp³-hybridized carbons (Fsp3) is 0. The molecule has 0 unspecified atom stereocenters. The maximum atomic E-state index is 6.42. The molecule has 0 aliphatic heterocycles. The third-order valence-corrected chi connectivity index (χ3v) is 12.8. The molecule has 0 bridgehead atoms. The number of furan rings is 1. The van der Waals surface area contributed by atoms with Crippen LogP contribution in [0.25, 0.3) is 119 Å². The minimum Gasteiger partial charge on any atom is -0.456 e. The van der Waals surface area contributed by atoms with Gasteiger partial charge in [0.2, 0.25) is 0 Å². The lowest BCUT2D eigenvalue weighted by Gasteiger charge is -2.20. The van der Waals surface area contributed by atoms with Crippen LogP contribution in [0.4, 0.5) is 0 Å². The third-order valence-electron chi connectivity index (χ3n) is 11.6. The Kier molecular flexibility index (Phi) is 6.87. The van der Waals surface area contributed by atoms with E-state index >= 15 is 0 Å². The van der Waals surface area contributed by atoms with E-state index in [9.17, 15) is 0 Å². The summed E-state index contributed by atoms with van der Waals surface area (Å²) < 4.78 is 9.06. The Hall–Kier alpha value is -7.00. The highest BCUT2D eigenvalue weighted by atomic mass is 32.1. The molecule has 2 heteroatoms. The highest BCUT2D eigenvalue weighted by Crippen LogP contribution is 2.49. The molecule has 0 amide bonds. The monoisotopic (exact) mass is 728 g/mol. The Morgan fingerprint density at radius 3 is 1.64 bits per heavy atom. The van der Waals surface area contributed by atoms with Gasteiger partial charge in [-0.05, 0) is 119 Å². The summed E-state index contributed by atoms with van der Waals surface area (Å²) in [5, 5.41) is 12.3. The van der Waals surface area contributed by atoms with Crippen LogP contribution in [0.3, 0.4) is 0 Å². The maximum Gasteiger partial charge on any atom is 0.136 e. The van der Waals surface area contributed by atoms with Gasteiger partial charge in [-0.3, -0.25) is 0 Å². The predicted molar refractivity (Wildman–Crippen MR) is 241 cm³/mol. The van der Waals surface area contributed by atoms with Crippen molar-refractivity contribution in [2.75, 3.05) is 0 Å². The topological polar surface area (TPSA) is 13.1 Å². The molecule has 0 fully saturated rings. The van der Waals surface area contributed by atoms with Gasteiger partial charge in [0.05, 0.1) is 0 Å². The van der Waals surface area contributed by atoms with E-state index in [1.165, 1.54) is 97.0 Å². The molecule has 0 radical (unpaired) electrons. The zero-order chi connectivity index (χ0) is 36.7. The van der Waals surface area contributed by atoms with E-state index in [2.05, 4.69) is 188 Å². The van der Waals surface area contributed by atoms with Gasteiger partial charge in [0.25, 0.3) is 0 Å². The summed E-state index contributed by atoms with van der Waals surface area (Å²) in [6.07, 6.45) is 0. The lowest BCUT2D eigenvalue weighted by molar-refractivity contribution is 0.669. The van der Waals surface area contributed by atoms with Crippen molar-refractivity contribution in [3.8, 4) is 44.5 Å². The molecule has 2 heterocycles. The number of fused-ring (bicyclic) bond motifs is 9. The van der Waals surface area contributed by atoms with E-state index in [0.717, 1.165) is 21.9 Å². The molecule has 10 aromatic carbocycles. The van der Waals surface area contributed by atoms with Gasteiger partial charge in [0, 0.05) is 30.9 Å². The van der Waals surface area contributed by atoms with Crippen molar-refractivity contribution in [3.63, 3.8) is 0 Å².